The topological polar surface area (TPSA) is 97.1 Å². The third-order valence-corrected chi connectivity index (χ3v) is 2.74. The van der Waals surface area contributed by atoms with Crippen molar-refractivity contribution in [1.29, 1.82) is 0 Å². The van der Waals surface area contributed by atoms with Crippen LogP contribution in [0.25, 0.3) is 0 Å². The zero-order chi connectivity index (χ0) is 14.4. The summed E-state index contributed by atoms with van der Waals surface area (Å²) in [6, 6.07) is 6.75. The van der Waals surface area contributed by atoms with Crippen molar-refractivity contribution < 1.29 is 14.7 Å². The summed E-state index contributed by atoms with van der Waals surface area (Å²) in [6.07, 6.45) is 3.28. The molecule has 1 aromatic carbocycles. The first-order valence-electron chi connectivity index (χ1n) is 6.07. The van der Waals surface area contributed by atoms with E-state index in [1.807, 2.05) is 0 Å². The van der Waals surface area contributed by atoms with Gasteiger partial charge in [0.1, 0.15) is 19.2 Å². The van der Waals surface area contributed by atoms with Gasteiger partial charge in [0.15, 0.2) is 0 Å². The van der Waals surface area contributed by atoms with Gasteiger partial charge in [0.2, 0.25) is 5.91 Å². The number of rotatable bonds is 6. The highest BCUT2D eigenvalue weighted by atomic mass is 16.4. The smallest absolute Gasteiger partial charge is 0.335 e. The Kier molecular flexibility index (Phi) is 4.43. The SMILES string of the molecule is O=C(Cn1cncn1)NCCc1ccccc1C(=O)O. The van der Waals surface area contributed by atoms with Gasteiger partial charge in [-0.25, -0.2) is 14.5 Å². The van der Waals surface area contributed by atoms with Crippen LogP contribution in [0.2, 0.25) is 0 Å². The van der Waals surface area contributed by atoms with Crippen LogP contribution in [-0.2, 0) is 17.8 Å². The van der Waals surface area contributed by atoms with Crippen LogP contribution in [0.3, 0.4) is 0 Å². The van der Waals surface area contributed by atoms with Crippen molar-refractivity contribution in [1.82, 2.24) is 20.1 Å². The lowest BCUT2D eigenvalue weighted by Crippen LogP contribution is -2.29. The highest BCUT2D eigenvalue weighted by Crippen LogP contribution is 2.08. The lowest BCUT2D eigenvalue weighted by molar-refractivity contribution is -0.121. The summed E-state index contributed by atoms with van der Waals surface area (Å²) >= 11 is 0. The molecule has 2 N–H and O–H groups in total. The molecule has 1 amide bonds. The van der Waals surface area contributed by atoms with Crippen molar-refractivity contribution in [2.75, 3.05) is 6.54 Å². The molecule has 0 saturated heterocycles. The van der Waals surface area contributed by atoms with Gasteiger partial charge in [0.05, 0.1) is 5.56 Å². The van der Waals surface area contributed by atoms with E-state index in [-0.39, 0.29) is 18.0 Å². The second-order valence-corrected chi connectivity index (χ2v) is 4.16. The number of carboxylic acids is 1. The molecule has 20 heavy (non-hydrogen) atoms. The molecule has 0 atom stereocenters. The summed E-state index contributed by atoms with van der Waals surface area (Å²) in [6.45, 7) is 0.471. The minimum absolute atomic E-state index is 0.0978. The van der Waals surface area contributed by atoms with Crippen molar-refractivity contribution in [3.8, 4) is 0 Å². The molecular formula is C13H14N4O3. The molecule has 0 unspecified atom stereocenters. The molecule has 0 saturated carbocycles. The van der Waals surface area contributed by atoms with Crippen LogP contribution in [0, 0.1) is 0 Å². The predicted molar refractivity (Wildman–Crippen MR) is 70.1 cm³/mol. The first-order valence-corrected chi connectivity index (χ1v) is 6.07. The van der Waals surface area contributed by atoms with Gasteiger partial charge in [-0.1, -0.05) is 18.2 Å². The fourth-order valence-electron chi connectivity index (χ4n) is 1.80. The molecule has 1 aromatic heterocycles. The molecule has 0 fully saturated rings. The number of aromatic nitrogens is 3. The average molecular weight is 274 g/mol. The van der Waals surface area contributed by atoms with Crippen molar-refractivity contribution in [3.05, 3.63) is 48.0 Å². The van der Waals surface area contributed by atoms with Gasteiger partial charge in [-0.05, 0) is 18.1 Å². The normalized spacial score (nSPS) is 10.2. The number of hydrogen-bond acceptors (Lipinski definition) is 4. The van der Waals surface area contributed by atoms with Crippen molar-refractivity contribution in [2.45, 2.75) is 13.0 Å². The van der Waals surface area contributed by atoms with E-state index < -0.39 is 5.97 Å². The molecule has 0 radical (unpaired) electrons. The summed E-state index contributed by atoms with van der Waals surface area (Å²) in [5.41, 5.74) is 0.957. The molecule has 0 aliphatic rings. The maximum Gasteiger partial charge on any atom is 0.335 e. The molecule has 0 spiro atoms. The molecule has 0 aliphatic heterocycles. The first-order chi connectivity index (χ1) is 9.66. The molecule has 1 heterocycles. The minimum Gasteiger partial charge on any atom is -0.478 e. The van der Waals surface area contributed by atoms with E-state index in [0.717, 1.165) is 0 Å². The number of carboxylic acid groups (broad SMARTS) is 1. The number of aromatic carboxylic acids is 1. The summed E-state index contributed by atoms with van der Waals surface area (Å²) < 4.78 is 1.42. The zero-order valence-electron chi connectivity index (χ0n) is 10.7. The Morgan fingerprint density at radius 2 is 2.10 bits per heavy atom. The quantitative estimate of drug-likeness (QED) is 0.791. The molecule has 7 heteroatoms. The highest BCUT2D eigenvalue weighted by molar-refractivity contribution is 5.89. The van der Waals surface area contributed by atoms with Gasteiger partial charge >= 0.3 is 5.97 Å². The van der Waals surface area contributed by atoms with E-state index in [1.165, 1.54) is 17.3 Å². The minimum atomic E-state index is -0.963. The maximum absolute atomic E-state index is 11.6. The van der Waals surface area contributed by atoms with Crippen molar-refractivity contribution in [2.24, 2.45) is 0 Å². The van der Waals surface area contributed by atoms with E-state index in [4.69, 9.17) is 5.11 Å². The highest BCUT2D eigenvalue weighted by Gasteiger charge is 2.09. The molecule has 0 aliphatic carbocycles. The van der Waals surface area contributed by atoms with Crippen molar-refractivity contribution >= 4 is 11.9 Å². The van der Waals surface area contributed by atoms with Crippen LogP contribution in [0.4, 0.5) is 0 Å². The van der Waals surface area contributed by atoms with Crippen LogP contribution >= 0.6 is 0 Å². The Morgan fingerprint density at radius 3 is 2.80 bits per heavy atom. The number of nitrogens with one attached hydrogen (secondary N) is 1. The molecule has 2 rings (SSSR count). The lowest BCUT2D eigenvalue weighted by atomic mass is 10.0. The van der Waals surface area contributed by atoms with Gasteiger partial charge in [-0.15, -0.1) is 0 Å². The van der Waals surface area contributed by atoms with Crippen LogP contribution in [0.5, 0.6) is 0 Å². The first kappa shape index (κ1) is 13.7. The molecule has 7 nitrogen and oxygen atoms in total. The van der Waals surface area contributed by atoms with E-state index in [9.17, 15) is 9.59 Å². The van der Waals surface area contributed by atoms with E-state index in [1.54, 1.807) is 24.3 Å². The van der Waals surface area contributed by atoms with E-state index >= 15 is 0 Å². The maximum atomic E-state index is 11.6. The standard InChI is InChI=1S/C13H14N4O3/c18-12(7-17-9-14-8-16-17)15-6-5-10-3-1-2-4-11(10)13(19)20/h1-4,8-9H,5-7H2,(H,15,18)(H,19,20). The monoisotopic (exact) mass is 274 g/mol. The van der Waals surface area contributed by atoms with E-state index in [0.29, 0.717) is 18.5 Å². The number of carbonyl (C=O) groups is 2. The third kappa shape index (κ3) is 3.64. The van der Waals surface area contributed by atoms with E-state index in [2.05, 4.69) is 15.4 Å². The average Bonchev–Trinajstić information content (AvgIpc) is 2.92. The largest absolute Gasteiger partial charge is 0.478 e. The second-order valence-electron chi connectivity index (χ2n) is 4.16. The third-order valence-electron chi connectivity index (χ3n) is 2.74. The van der Waals surface area contributed by atoms with Gasteiger partial charge in [0, 0.05) is 6.54 Å². The zero-order valence-corrected chi connectivity index (χ0v) is 10.7. The van der Waals surface area contributed by atoms with Gasteiger partial charge < -0.3 is 10.4 Å². The number of nitrogens with zero attached hydrogens (tertiary/aromatic N) is 3. The Labute approximate surface area is 115 Å². The number of amides is 1. The molecule has 0 bridgehead atoms. The van der Waals surface area contributed by atoms with Crippen LogP contribution < -0.4 is 5.32 Å². The summed E-state index contributed by atoms with van der Waals surface area (Å²) in [5.74, 6) is -1.15. The number of carbonyl (C=O) groups excluding carboxylic acids is 1. The lowest BCUT2D eigenvalue weighted by Gasteiger charge is -2.07. The fourth-order valence-corrected chi connectivity index (χ4v) is 1.80. The van der Waals surface area contributed by atoms with Gasteiger partial charge in [0.25, 0.3) is 0 Å². The number of hydrogen-bond donors (Lipinski definition) is 2. The van der Waals surface area contributed by atoms with Gasteiger partial charge in [-0.2, -0.15) is 5.10 Å². The Hall–Kier alpha value is -2.70. The molecular weight excluding hydrogens is 260 g/mol. The Balaban J connectivity index is 1.84. The van der Waals surface area contributed by atoms with Crippen LogP contribution in [0.15, 0.2) is 36.9 Å². The summed E-state index contributed by atoms with van der Waals surface area (Å²) in [5, 5.41) is 15.6. The van der Waals surface area contributed by atoms with Crippen molar-refractivity contribution in [3.63, 3.8) is 0 Å². The molecule has 2 aromatic rings. The number of benzene rings is 1. The Bertz CT molecular complexity index is 595. The molecule has 104 valence electrons. The van der Waals surface area contributed by atoms with Gasteiger partial charge in [-0.3, -0.25) is 4.79 Å². The predicted octanol–water partition coefficient (Wildman–Crippen LogP) is 0.335. The Morgan fingerprint density at radius 1 is 1.30 bits per heavy atom. The second kappa shape index (κ2) is 6.46. The summed E-state index contributed by atoms with van der Waals surface area (Å²) in [4.78, 5) is 26.4. The summed E-state index contributed by atoms with van der Waals surface area (Å²) in [7, 11) is 0. The van der Waals surface area contributed by atoms with Crippen LogP contribution in [0.1, 0.15) is 15.9 Å². The fraction of sp³-hybridized carbons (Fsp3) is 0.231. The van der Waals surface area contributed by atoms with Crippen LogP contribution in [-0.4, -0.2) is 38.3 Å².